The van der Waals surface area contributed by atoms with Crippen molar-refractivity contribution < 1.29 is 18.5 Å². The molecule has 6 nitrogen and oxygen atoms in total. The maximum atomic E-state index is 12.6. The van der Waals surface area contributed by atoms with Crippen LogP contribution in [0.25, 0.3) is 0 Å². The summed E-state index contributed by atoms with van der Waals surface area (Å²) in [5.41, 5.74) is 0.690. The number of halogens is 1. The summed E-state index contributed by atoms with van der Waals surface area (Å²) in [6.07, 6.45) is -0.0305. The van der Waals surface area contributed by atoms with Crippen molar-refractivity contribution in [3.05, 3.63) is 45.0 Å². The molecule has 0 aliphatic heterocycles. The van der Waals surface area contributed by atoms with Crippen molar-refractivity contribution in [1.82, 2.24) is 0 Å². The van der Waals surface area contributed by atoms with Crippen LogP contribution in [-0.2, 0) is 13.6 Å². The molecule has 0 aromatic heterocycles. The van der Waals surface area contributed by atoms with Gasteiger partial charge in [-0.25, -0.2) is 0 Å². The van der Waals surface area contributed by atoms with Gasteiger partial charge < -0.3 is 9.05 Å². The Morgan fingerprint density at radius 2 is 1.76 bits per heavy atom. The summed E-state index contributed by atoms with van der Waals surface area (Å²) in [4.78, 5) is 10.4. The van der Waals surface area contributed by atoms with Crippen LogP contribution in [-0.4, -0.2) is 30.8 Å². The van der Waals surface area contributed by atoms with Crippen LogP contribution in [0.2, 0.25) is 5.02 Å². The van der Waals surface area contributed by atoms with Gasteiger partial charge >= 0.3 is 7.60 Å². The molecule has 8 heteroatoms. The van der Waals surface area contributed by atoms with Crippen LogP contribution in [0.1, 0.15) is 25.3 Å². The molecule has 1 rings (SSSR count). The fraction of sp³-hybridized carbons (Fsp3) is 0.538. The zero-order valence-corrected chi connectivity index (χ0v) is 13.7. The third-order valence-electron chi connectivity index (χ3n) is 2.81. The van der Waals surface area contributed by atoms with E-state index in [-0.39, 0.29) is 25.9 Å². The smallest absolute Gasteiger partial charge is 0.309 e. The summed E-state index contributed by atoms with van der Waals surface area (Å²) >= 11 is 5.82. The van der Waals surface area contributed by atoms with Crippen molar-refractivity contribution in [3.8, 4) is 0 Å². The monoisotopic (exact) mass is 335 g/mol. The normalized spacial score (nSPS) is 13.1. The molecular formula is C13H19ClNO5P. The number of hydrogen-bond acceptors (Lipinski definition) is 5. The minimum atomic E-state index is -3.35. The standard InChI is InChI=1S/C13H19ClNO5P/c1-3-19-21(18,20-4-2)10-12(9-15(16)17)11-5-7-13(14)8-6-11/h5-8,12H,3-4,9-10H2,1-2H3. The molecule has 0 aliphatic rings. The van der Waals surface area contributed by atoms with E-state index in [2.05, 4.69) is 0 Å². The summed E-state index contributed by atoms with van der Waals surface area (Å²) in [7, 11) is -3.35. The third-order valence-corrected chi connectivity index (χ3v) is 5.25. The number of benzene rings is 1. The van der Waals surface area contributed by atoms with Crippen LogP contribution in [0.3, 0.4) is 0 Å². The quantitative estimate of drug-likeness (QED) is 0.387. The second-order valence-electron chi connectivity index (χ2n) is 4.39. The van der Waals surface area contributed by atoms with Crippen molar-refractivity contribution in [2.75, 3.05) is 25.9 Å². The Bertz CT molecular complexity index is 498. The van der Waals surface area contributed by atoms with Gasteiger partial charge in [-0.15, -0.1) is 0 Å². The van der Waals surface area contributed by atoms with Crippen LogP contribution in [0.5, 0.6) is 0 Å². The van der Waals surface area contributed by atoms with Crippen molar-refractivity contribution in [1.29, 1.82) is 0 Å². The lowest BCUT2D eigenvalue weighted by Crippen LogP contribution is -2.18. The molecule has 118 valence electrons. The Morgan fingerprint density at radius 1 is 1.24 bits per heavy atom. The molecule has 0 fully saturated rings. The maximum Gasteiger partial charge on any atom is 0.331 e. The highest BCUT2D eigenvalue weighted by atomic mass is 35.5. The fourth-order valence-corrected chi connectivity index (χ4v) is 4.05. The largest absolute Gasteiger partial charge is 0.331 e. The zero-order chi connectivity index (χ0) is 15.9. The first kappa shape index (κ1) is 18.1. The fourth-order valence-electron chi connectivity index (χ4n) is 1.99. The van der Waals surface area contributed by atoms with E-state index in [1.807, 2.05) is 0 Å². The predicted molar refractivity (Wildman–Crippen MR) is 81.8 cm³/mol. The van der Waals surface area contributed by atoms with Gasteiger partial charge in [-0.1, -0.05) is 23.7 Å². The predicted octanol–water partition coefficient (Wildman–Crippen LogP) is 3.97. The van der Waals surface area contributed by atoms with Gasteiger partial charge in [0.25, 0.3) is 0 Å². The van der Waals surface area contributed by atoms with E-state index in [4.69, 9.17) is 20.6 Å². The molecule has 0 amide bonds. The molecule has 1 atom stereocenters. The molecule has 0 saturated heterocycles. The first-order chi connectivity index (χ1) is 9.90. The van der Waals surface area contributed by atoms with E-state index in [0.717, 1.165) is 0 Å². The van der Waals surface area contributed by atoms with E-state index >= 15 is 0 Å². The molecule has 0 saturated carbocycles. The minimum absolute atomic E-state index is 0.0305. The van der Waals surface area contributed by atoms with Gasteiger partial charge in [0.2, 0.25) is 6.54 Å². The molecular weight excluding hydrogens is 317 g/mol. The third kappa shape index (κ3) is 6.14. The van der Waals surface area contributed by atoms with E-state index in [9.17, 15) is 14.7 Å². The summed E-state index contributed by atoms with van der Waals surface area (Å²) in [5, 5.41) is 11.4. The summed E-state index contributed by atoms with van der Waals surface area (Å²) in [5.74, 6) is -0.554. The summed E-state index contributed by atoms with van der Waals surface area (Å²) < 4.78 is 23.0. The van der Waals surface area contributed by atoms with Crippen LogP contribution in [0.4, 0.5) is 0 Å². The molecule has 0 radical (unpaired) electrons. The molecule has 0 spiro atoms. The zero-order valence-electron chi connectivity index (χ0n) is 12.0. The van der Waals surface area contributed by atoms with Crippen molar-refractivity contribution >= 4 is 19.2 Å². The molecule has 21 heavy (non-hydrogen) atoms. The van der Waals surface area contributed by atoms with Crippen LogP contribution < -0.4 is 0 Å². The van der Waals surface area contributed by atoms with Gasteiger partial charge in [0, 0.05) is 9.95 Å². The van der Waals surface area contributed by atoms with E-state index in [1.165, 1.54) is 0 Å². The number of hydrogen-bond donors (Lipinski definition) is 0. The lowest BCUT2D eigenvalue weighted by Gasteiger charge is -2.21. The molecule has 0 heterocycles. The Kier molecular flexibility index (Phi) is 7.32. The molecule has 0 aliphatic carbocycles. The molecule has 0 N–H and O–H groups in total. The van der Waals surface area contributed by atoms with Gasteiger partial charge in [0.05, 0.1) is 25.3 Å². The van der Waals surface area contributed by atoms with Crippen molar-refractivity contribution in [3.63, 3.8) is 0 Å². The Balaban J connectivity index is 2.98. The van der Waals surface area contributed by atoms with Crippen LogP contribution in [0, 0.1) is 10.1 Å². The number of rotatable bonds is 9. The lowest BCUT2D eigenvalue weighted by atomic mass is 10.0. The number of nitro groups is 1. The highest BCUT2D eigenvalue weighted by molar-refractivity contribution is 7.53. The molecule has 0 bridgehead atoms. The molecule has 1 aromatic carbocycles. The summed E-state index contributed by atoms with van der Waals surface area (Å²) in [6, 6.07) is 6.68. The van der Waals surface area contributed by atoms with Gasteiger partial charge in [0.15, 0.2) is 0 Å². The van der Waals surface area contributed by atoms with Gasteiger partial charge in [-0.2, -0.15) is 0 Å². The molecule has 1 unspecified atom stereocenters. The van der Waals surface area contributed by atoms with Crippen LogP contribution >= 0.6 is 19.2 Å². The lowest BCUT2D eigenvalue weighted by molar-refractivity contribution is -0.482. The Morgan fingerprint density at radius 3 is 2.19 bits per heavy atom. The van der Waals surface area contributed by atoms with E-state index in [0.29, 0.717) is 10.6 Å². The minimum Gasteiger partial charge on any atom is -0.309 e. The maximum absolute atomic E-state index is 12.6. The van der Waals surface area contributed by atoms with Gasteiger partial charge in [-0.05, 0) is 31.5 Å². The average Bonchev–Trinajstić information content (AvgIpc) is 2.38. The average molecular weight is 336 g/mol. The van der Waals surface area contributed by atoms with Crippen LogP contribution in [0.15, 0.2) is 24.3 Å². The number of nitrogens with zero attached hydrogens (tertiary/aromatic N) is 1. The first-order valence-corrected chi connectivity index (χ1v) is 8.76. The van der Waals surface area contributed by atoms with E-state index < -0.39 is 18.4 Å². The highest BCUT2D eigenvalue weighted by Gasteiger charge is 2.32. The second kappa shape index (κ2) is 8.49. The van der Waals surface area contributed by atoms with Crippen molar-refractivity contribution in [2.24, 2.45) is 0 Å². The SMILES string of the molecule is CCOP(=O)(CC(C[N+](=O)[O-])c1ccc(Cl)cc1)OCC. The summed E-state index contributed by atoms with van der Waals surface area (Å²) in [6.45, 7) is 3.52. The first-order valence-electron chi connectivity index (χ1n) is 6.65. The van der Waals surface area contributed by atoms with Gasteiger partial charge in [0.1, 0.15) is 0 Å². The Hall–Kier alpha value is -0.940. The second-order valence-corrected chi connectivity index (χ2v) is 6.93. The highest BCUT2D eigenvalue weighted by Crippen LogP contribution is 2.51. The van der Waals surface area contributed by atoms with Gasteiger partial charge in [-0.3, -0.25) is 14.7 Å². The van der Waals surface area contributed by atoms with Crippen molar-refractivity contribution in [2.45, 2.75) is 19.8 Å². The topological polar surface area (TPSA) is 78.7 Å². The molecule has 1 aromatic rings. The van der Waals surface area contributed by atoms with E-state index in [1.54, 1.807) is 38.1 Å². The Labute approximate surface area is 129 Å².